The fourth-order valence-electron chi connectivity index (χ4n) is 1.93. The molecule has 3 aromatic rings. The van der Waals surface area contributed by atoms with Crippen molar-refractivity contribution in [2.24, 2.45) is 5.73 Å². The third-order valence-electron chi connectivity index (χ3n) is 3.04. The fraction of sp³-hybridized carbons (Fsp3) is 0.133. The van der Waals surface area contributed by atoms with Crippen molar-refractivity contribution in [1.82, 2.24) is 20.2 Å². The smallest absolute Gasteiger partial charge is 0.181 e. The molecular weight excluding hydrogens is 250 g/mol. The molecule has 0 amide bonds. The van der Waals surface area contributed by atoms with Gasteiger partial charge in [0.1, 0.15) is 5.82 Å². The van der Waals surface area contributed by atoms with Crippen LogP contribution in [0.2, 0.25) is 0 Å². The molecule has 0 saturated heterocycles. The summed E-state index contributed by atoms with van der Waals surface area (Å²) in [6, 6.07) is 13.7. The molecule has 3 rings (SSSR count). The number of nitrogens with two attached hydrogens (primary N) is 1. The molecule has 2 aromatic heterocycles. The van der Waals surface area contributed by atoms with Crippen LogP contribution in [-0.4, -0.2) is 20.2 Å². The summed E-state index contributed by atoms with van der Waals surface area (Å²) in [7, 11) is 0. The summed E-state index contributed by atoms with van der Waals surface area (Å²) in [5, 5.41) is 7.03. The van der Waals surface area contributed by atoms with Gasteiger partial charge < -0.3 is 5.73 Å². The molecular formula is C15H15N5. The highest BCUT2D eigenvalue weighted by atomic mass is 15.2. The molecule has 0 spiro atoms. The molecule has 0 aliphatic carbocycles. The van der Waals surface area contributed by atoms with Crippen LogP contribution in [0.15, 0.2) is 48.7 Å². The van der Waals surface area contributed by atoms with Crippen LogP contribution in [0, 0.1) is 0 Å². The van der Waals surface area contributed by atoms with E-state index in [1.165, 1.54) is 0 Å². The molecule has 0 bridgehead atoms. The van der Waals surface area contributed by atoms with E-state index in [-0.39, 0.29) is 6.04 Å². The number of H-pyrrole nitrogens is 1. The number of aromatic nitrogens is 4. The van der Waals surface area contributed by atoms with Crippen molar-refractivity contribution >= 4 is 0 Å². The summed E-state index contributed by atoms with van der Waals surface area (Å²) in [5.41, 5.74) is 8.73. The van der Waals surface area contributed by atoms with Crippen LogP contribution in [0.4, 0.5) is 0 Å². The van der Waals surface area contributed by atoms with E-state index in [4.69, 9.17) is 5.73 Å². The molecule has 20 heavy (non-hydrogen) atoms. The Labute approximate surface area is 116 Å². The predicted octanol–water partition coefficient (Wildman–Crippen LogP) is 2.55. The van der Waals surface area contributed by atoms with E-state index in [1.54, 1.807) is 6.20 Å². The van der Waals surface area contributed by atoms with Gasteiger partial charge in [0.05, 0.1) is 11.7 Å². The van der Waals surface area contributed by atoms with Crippen LogP contribution in [0.3, 0.4) is 0 Å². The van der Waals surface area contributed by atoms with Crippen molar-refractivity contribution in [3.63, 3.8) is 0 Å². The standard InChI is InChI=1S/C15H15N5/c1-10(16)14-18-15(20-19-14)12-7-5-11(6-8-12)13-4-2-3-9-17-13/h2-10H,16H2,1H3,(H,18,19,20). The molecule has 5 nitrogen and oxygen atoms in total. The van der Waals surface area contributed by atoms with E-state index >= 15 is 0 Å². The minimum atomic E-state index is -0.149. The van der Waals surface area contributed by atoms with Gasteiger partial charge in [-0.1, -0.05) is 30.3 Å². The highest BCUT2D eigenvalue weighted by Gasteiger charge is 2.09. The highest BCUT2D eigenvalue weighted by molar-refractivity contribution is 5.64. The Bertz CT molecular complexity index is 686. The zero-order valence-electron chi connectivity index (χ0n) is 11.1. The predicted molar refractivity (Wildman–Crippen MR) is 77.7 cm³/mol. The fourth-order valence-corrected chi connectivity index (χ4v) is 1.93. The minimum Gasteiger partial charge on any atom is -0.322 e. The number of hydrogen-bond donors (Lipinski definition) is 2. The number of aromatic amines is 1. The summed E-state index contributed by atoms with van der Waals surface area (Å²) >= 11 is 0. The lowest BCUT2D eigenvalue weighted by molar-refractivity contribution is 0.745. The Hall–Kier alpha value is -2.53. The Morgan fingerprint density at radius 3 is 2.40 bits per heavy atom. The average Bonchev–Trinajstić information content (AvgIpc) is 2.98. The van der Waals surface area contributed by atoms with Gasteiger partial charge in [-0.15, -0.1) is 0 Å². The second-order valence-electron chi connectivity index (χ2n) is 4.63. The molecule has 2 heterocycles. The molecule has 5 heteroatoms. The Morgan fingerprint density at radius 2 is 1.80 bits per heavy atom. The molecule has 0 radical (unpaired) electrons. The van der Waals surface area contributed by atoms with E-state index in [2.05, 4.69) is 20.2 Å². The summed E-state index contributed by atoms with van der Waals surface area (Å²) in [5.74, 6) is 1.35. The van der Waals surface area contributed by atoms with Crippen LogP contribution >= 0.6 is 0 Å². The molecule has 1 atom stereocenters. The zero-order valence-corrected chi connectivity index (χ0v) is 11.1. The first-order valence-electron chi connectivity index (χ1n) is 6.44. The van der Waals surface area contributed by atoms with Crippen molar-refractivity contribution in [1.29, 1.82) is 0 Å². The first-order valence-corrected chi connectivity index (χ1v) is 6.44. The van der Waals surface area contributed by atoms with Crippen molar-refractivity contribution in [2.45, 2.75) is 13.0 Å². The maximum atomic E-state index is 5.76. The quantitative estimate of drug-likeness (QED) is 0.762. The Morgan fingerprint density at radius 1 is 1.05 bits per heavy atom. The third kappa shape index (κ3) is 2.44. The number of nitrogens with one attached hydrogen (secondary N) is 1. The lowest BCUT2D eigenvalue weighted by Crippen LogP contribution is -2.06. The van der Waals surface area contributed by atoms with Gasteiger partial charge in [-0.2, -0.15) is 5.10 Å². The first kappa shape index (κ1) is 12.5. The van der Waals surface area contributed by atoms with Gasteiger partial charge >= 0.3 is 0 Å². The SMILES string of the molecule is CC(N)c1nc(-c2ccc(-c3ccccn3)cc2)n[nH]1. The molecule has 0 saturated carbocycles. The monoisotopic (exact) mass is 265 g/mol. The van der Waals surface area contributed by atoms with Gasteiger partial charge in [0.2, 0.25) is 0 Å². The molecule has 1 aromatic carbocycles. The van der Waals surface area contributed by atoms with Gasteiger partial charge in [0, 0.05) is 17.3 Å². The van der Waals surface area contributed by atoms with Crippen LogP contribution < -0.4 is 5.73 Å². The Balaban J connectivity index is 1.89. The highest BCUT2D eigenvalue weighted by Crippen LogP contribution is 2.21. The zero-order chi connectivity index (χ0) is 13.9. The van der Waals surface area contributed by atoms with E-state index in [0.717, 1.165) is 16.8 Å². The second-order valence-corrected chi connectivity index (χ2v) is 4.63. The van der Waals surface area contributed by atoms with Gasteiger partial charge in [-0.25, -0.2) is 4.98 Å². The van der Waals surface area contributed by atoms with Crippen LogP contribution in [0.25, 0.3) is 22.6 Å². The van der Waals surface area contributed by atoms with E-state index in [0.29, 0.717) is 11.6 Å². The maximum absolute atomic E-state index is 5.76. The molecule has 0 aliphatic rings. The summed E-state index contributed by atoms with van der Waals surface area (Å²) in [6.45, 7) is 1.87. The van der Waals surface area contributed by atoms with Gasteiger partial charge in [-0.05, 0) is 19.1 Å². The molecule has 0 aliphatic heterocycles. The largest absolute Gasteiger partial charge is 0.322 e. The van der Waals surface area contributed by atoms with Crippen LogP contribution in [0.5, 0.6) is 0 Å². The molecule has 1 unspecified atom stereocenters. The second kappa shape index (κ2) is 5.22. The van der Waals surface area contributed by atoms with Crippen molar-refractivity contribution < 1.29 is 0 Å². The summed E-state index contributed by atoms with van der Waals surface area (Å²) in [4.78, 5) is 8.70. The van der Waals surface area contributed by atoms with Gasteiger partial charge in [-0.3, -0.25) is 10.1 Å². The number of hydrogen-bond acceptors (Lipinski definition) is 4. The van der Waals surface area contributed by atoms with Gasteiger partial charge in [0.25, 0.3) is 0 Å². The minimum absolute atomic E-state index is 0.149. The topological polar surface area (TPSA) is 80.5 Å². The van der Waals surface area contributed by atoms with Crippen molar-refractivity contribution in [3.05, 3.63) is 54.5 Å². The summed E-state index contributed by atoms with van der Waals surface area (Å²) < 4.78 is 0. The molecule has 100 valence electrons. The van der Waals surface area contributed by atoms with Crippen molar-refractivity contribution in [2.75, 3.05) is 0 Å². The van der Waals surface area contributed by atoms with E-state index in [1.807, 2.05) is 49.4 Å². The summed E-state index contributed by atoms with van der Waals surface area (Å²) in [6.07, 6.45) is 1.79. The number of rotatable bonds is 3. The Kier molecular flexibility index (Phi) is 3.26. The van der Waals surface area contributed by atoms with Gasteiger partial charge in [0.15, 0.2) is 5.82 Å². The normalized spacial score (nSPS) is 12.3. The van der Waals surface area contributed by atoms with Crippen molar-refractivity contribution in [3.8, 4) is 22.6 Å². The molecule has 0 fully saturated rings. The van der Waals surface area contributed by atoms with E-state index < -0.39 is 0 Å². The average molecular weight is 265 g/mol. The first-order chi connectivity index (χ1) is 9.74. The maximum Gasteiger partial charge on any atom is 0.181 e. The molecule has 3 N–H and O–H groups in total. The lowest BCUT2D eigenvalue weighted by Gasteiger charge is -2.01. The van der Waals surface area contributed by atoms with E-state index in [9.17, 15) is 0 Å². The lowest BCUT2D eigenvalue weighted by atomic mass is 10.1. The van der Waals surface area contributed by atoms with Crippen LogP contribution in [-0.2, 0) is 0 Å². The third-order valence-corrected chi connectivity index (χ3v) is 3.04. The van der Waals surface area contributed by atoms with Crippen LogP contribution in [0.1, 0.15) is 18.8 Å². The number of benzene rings is 1. The number of nitrogens with zero attached hydrogens (tertiary/aromatic N) is 3. The number of pyridine rings is 1.